The zero-order chi connectivity index (χ0) is 28.0. The molecule has 200 valence electrons. The number of rotatable bonds is 5. The van der Waals surface area contributed by atoms with E-state index in [1.165, 1.54) is 27.8 Å². The van der Waals surface area contributed by atoms with E-state index in [2.05, 4.69) is 111 Å². The second-order valence-corrected chi connectivity index (χ2v) is 11.6. The van der Waals surface area contributed by atoms with E-state index in [0.29, 0.717) is 5.88 Å². The summed E-state index contributed by atoms with van der Waals surface area (Å²) in [5, 5.41) is 0. The molecule has 0 N–H and O–H groups in total. The zero-order valence-electron chi connectivity index (χ0n) is 23.5. The molecule has 41 heavy (non-hydrogen) atoms. The fourth-order valence-corrected chi connectivity index (χ4v) is 6.07. The van der Waals surface area contributed by atoms with Crippen LogP contribution >= 0.6 is 0 Å². The highest BCUT2D eigenvalue weighted by Crippen LogP contribution is 2.56. The van der Waals surface area contributed by atoms with Gasteiger partial charge in [0, 0.05) is 24.1 Å². The van der Waals surface area contributed by atoms with Crippen LogP contribution in [0.25, 0.3) is 16.8 Å². The summed E-state index contributed by atoms with van der Waals surface area (Å²) in [6, 6.07) is 40.5. The largest absolute Gasteiger partial charge is 0.439 e. The number of para-hydroxylation sites is 1. The number of imidazole rings is 1. The van der Waals surface area contributed by atoms with Gasteiger partial charge in [0.05, 0.1) is 17.4 Å². The van der Waals surface area contributed by atoms with Gasteiger partial charge in [-0.3, -0.25) is 0 Å². The topological polar surface area (TPSA) is 39.9 Å². The average Bonchev–Trinajstić information content (AvgIpc) is 3.63. The monoisotopic (exact) mass is 533 g/mol. The predicted molar refractivity (Wildman–Crippen MR) is 164 cm³/mol. The molecule has 0 bridgehead atoms. The molecule has 0 amide bonds. The van der Waals surface area contributed by atoms with E-state index in [-0.39, 0.29) is 5.41 Å². The lowest BCUT2D eigenvalue weighted by molar-refractivity contribution is 0.453. The van der Waals surface area contributed by atoms with Gasteiger partial charge in [-0.1, -0.05) is 99.6 Å². The molecule has 0 fully saturated rings. The van der Waals surface area contributed by atoms with Crippen molar-refractivity contribution in [1.29, 1.82) is 0 Å². The minimum Gasteiger partial charge on any atom is -0.439 e. The molecule has 1 aliphatic carbocycles. The van der Waals surface area contributed by atoms with Gasteiger partial charge in [-0.2, -0.15) is 0 Å². The van der Waals surface area contributed by atoms with Crippen LogP contribution in [0, 0.1) is 0 Å². The van der Waals surface area contributed by atoms with E-state index < -0.39 is 5.41 Å². The van der Waals surface area contributed by atoms with Gasteiger partial charge in [0.25, 0.3) is 0 Å². The van der Waals surface area contributed by atoms with Crippen LogP contribution in [0.2, 0.25) is 0 Å². The molecule has 0 saturated carbocycles. The summed E-state index contributed by atoms with van der Waals surface area (Å²) >= 11 is 0. The number of ether oxygens (including phenoxy) is 1. The van der Waals surface area contributed by atoms with Gasteiger partial charge in [-0.05, 0) is 69.1 Å². The molecule has 0 aliphatic heterocycles. The third-order valence-electron chi connectivity index (χ3n) is 8.05. The van der Waals surface area contributed by atoms with Crippen LogP contribution in [0.5, 0.6) is 11.6 Å². The molecule has 0 unspecified atom stereocenters. The standard InChI is InChI=1S/C37H31N3O/c1-36(2,3)27-23-34(39-35(24-27)41-29-14-5-4-6-15-29)37(26-12-11-13-28(22-26)40-21-20-38-25-40)32-18-9-7-16-30(32)31-17-8-10-19-33(31)37/h4-25H,1-3H3. The minimum atomic E-state index is -0.653. The molecule has 2 heterocycles. The summed E-state index contributed by atoms with van der Waals surface area (Å²) < 4.78 is 8.48. The first-order valence-corrected chi connectivity index (χ1v) is 14.0. The Balaban J connectivity index is 1.56. The Bertz CT molecular complexity index is 1800. The van der Waals surface area contributed by atoms with E-state index in [0.717, 1.165) is 22.7 Å². The highest BCUT2D eigenvalue weighted by atomic mass is 16.5. The van der Waals surface area contributed by atoms with Crippen molar-refractivity contribution in [2.24, 2.45) is 0 Å². The molecule has 4 nitrogen and oxygen atoms in total. The van der Waals surface area contributed by atoms with Crippen LogP contribution in [0.4, 0.5) is 0 Å². The predicted octanol–water partition coefficient (Wildman–Crippen LogP) is 8.72. The van der Waals surface area contributed by atoms with E-state index in [4.69, 9.17) is 9.72 Å². The van der Waals surface area contributed by atoms with E-state index in [1.807, 2.05) is 53.6 Å². The van der Waals surface area contributed by atoms with Gasteiger partial charge in [0.15, 0.2) is 0 Å². The summed E-state index contributed by atoms with van der Waals surface area (Å²) in [6.45, 7) is 6.71. The summed E-state index contributed by atoms with van der Waals surface area (Å²) in [4.78, 5) is 9.62. The maximum atomic E-state index is 6.43. The van der Waals surface area contributed by atoms with Gasteiger partial charge in [-0.15, -0.1) is 0 Å². The number of nitrogens with zero attached hydrogens (tertiary/aromatic N) is 3. The first-order chi connectivity index (χ1) is 19.9. The number of pyridine rings is 1. The van der Waals surface area contributed by atoms with E-state index >= 15 is 0 Å². The Morgan fingerprint density at radius 1 is 0.707 bits per heavy atom. The molecule has 4 heteroatoms. The number of hydrogen-bond donors (Lipinski definition) is 0. The van der Waals surface area contributed by atoms with E-state index in [1.54, 1.807) is 0 Å². The van der Waals surface area contributed by atoms with Crippen molar-refractivity contribution in [3.8, 4) is 28.4 Å². The lowest BCUT2D eigenvalue weighted by Gasteiger charge is -2.34. The molecular weight excluding hydrogens is 502 g/mol. The van der Waals surface area contributed by atoms with Crippen LogP contribution in [-0.4, -0.2) is 14.5 Å². The molecule has 0 spiro atoms. The summed E-state index contributed by atoms with van der Waals surface area (Å²) in [7, 11) is 0. The van der Waals surface area contributed by atoms with Crippen LogP contribution in [0.3, 0.4) is 0 Å². The molecule has 4 aromatic carbocycles. The molecule has 1 aliphatic rings. The second-order valence-electron chi connectivity index (χ2n) is 11.6. The molecule has 2 aromatic heterocycles. The van der Waals surface area contributed by atoms with Crippen molar-refractivity contribution in [3.63, 3.8) is 0 Å². The summed E-state index contributed by atoms with van der Waals surface area (Å²) in [5.74, 6) is 1.35. The smallest absolute Gasteiger partial charge is 0.219 e. The maximum absolute atomic E-state index is 6.43. The van der Waals surface area contributed by atoms with Gasteiger partial charge < -0.3 is 9.30 Å². The van der Waals surface area contributed by atoms with Crippen LogP contribution in [-0.2, 0) is 10.8 Å². The number of hydrogen-bond acceptors (Lipinski definition) is 3. The normalized spacial score (nSPS) is 13.4. The zero-order valence-corrected chi connectivity index (χ0v) is 23.5. The van der Waals surface area contributed by atoms with Gasteiger partial charge in [0.2, 0.25) is 5.88 Å². The first-order valence-electron chi connectivity index (χ1n) is 14.0. The Hall–Kier alpha value is -4.96. The fourth-order valence-electron chi connectivity index (χ4n) is 6.07. The molecule has 0 radical (unpaired) electrons. The number of aromatic nitrogens is 3. The Morgan fingerprint density at radius 2 is 1.39 bits per heavy atom. The Kier molecular flexibility index (Phi) is 5.86. The van der Waals surface area contributed by atoms with Crippen molar-refractivity contribution in [2.45, 2.75) is 31.6 Å². The van der Waals surface area contributed by atoms with Crippen LogP contribution < -0.4 is 4.74 Å². The van der Waals surface area contributed by atoms with Crippen molar-refractivity contribution in [1.82, 2.24) is 14.5 Å². The lowest BCUT2D eigenvalue weighted by atomic mass is 9.69. The van der Waals surface area contributed by atoms with E-state index in [9.17, 15) is 0 Å². The van der Waals surface area contributed by atoms with Crippen molar-refractivity contribution >= 4 is 0 Å². The van der Waals surface area contributed by atoms with Crippen molar-refractivity contribution in [3.05, 3.63) is 162 Å². The SMILES string of the molecule is CC(C)(C)c1cc(Oc2ccccc2)nc(C2(c3cccc(-n4ccnc4)c3)c3ccccc3-c3ccccc32)c1. The number of benzene rings is 4. The maximum Gasteiger partial charge on any atom is 0.219 e. The lowest BCUT2D eigenvalue weighted by Crippen LogP contribution is -2.31. The average molecular weight is 534 g/mol. The first kappa shape index (κ1) is 25.0. The second kappa shape index (κ2) is 9.60. The van der Waals surface area contributed by atoms with Crippen LogP contribution in [0.1, 0.15) is 48.7 Å². The van der Waals surface area contributed by atoms with Gasteiger partial charge >= 0.3 is 0 Å². The summed E-state index contributed by atoms with van der Waals surface area (Å²) in [5.41, 5.74) is 8.41. The Morgan fingerprint density at radius 3 is 2.05 bits per heavy atom. The minimum absolute atomic E-state index is 0.121. The quantitative estimate of drug-likeness (QED) is 0.222. The molecule has 0 saturated heterocycles. The molecule has 6 aromatic rings. The van der Waals surface area contributed by atoms with Gasteiger partial charge in [-0.25, -0.2) is 9.97 Å². The molecule has 0 atom stereocenters. The highest BCUT2D eigenvalue weighted by molar-refractivity contribution is 5.86. The third-order valence-corrected chi connectivity index (χ3v) is 8.05. The summed E-state index contributed by atoms with van der Waals surface area (Å²) in [6.07, 6.45) is 5.63. The highest BCUT2D eigenvalue weighted by Gasteiger charge is 2.47. The number of fused-ring (bicyclic) bond motifs is 3. The molecular formula is C37H31N3O. The third kappa shape index (κ3) is 4.15. The van der Waals surface area contributed by atoms with Gasteiger partial charge in [0.1, 0.15) is 5.75 Å². The fraction of sp³-hybridized carbons (Fsp3) is 0.135. The van der Waals surface area contributed by atoms with Crippen molar-refractivity contribution in [2.75, 3.05) is 0 Å². The van der Waals surface area contributed by atoms with Crippen LogP contribution in [0.15, 0.2) is 134 Å². The Labute approximate surface area is 241 Å². The van der Waals surface area contributed by atoms with Crippen molar-refractivity contribution < 1.29 is 4.74 Å². The molecule has 7 rings (SSSR count).